The normalized spacial score (nSPS) is 11.7. The number of ether oxygens (including phenoxy) is 2. The maximum absolute atomic E-state index is 13.4. The molecule has 0 atom stereocenters. The summed E-state index contributed by atoms with van der Waals surface area (Å²) in [7, 11) is -1.19. The van der Waals surface area contributed by atoms with Crippen LogP contribution >= 0.6 is 0 Å². The maximum Gasteiger partial charge on any atom is 0.338 e. The van der Waals surface area contributed by atoms with Gasteiger partial charge in [0, 0.05) is 30.6 Å². The number of benzene rings is 4. The van der Waals surface area contributed by atoms with E-state index < -0.39 is 21.6 Å². The van der Waals surface area contributed by atoms with Crippen molar-refractivity contribution in [3.8, 4) is 5.75 Å². The number of methoxy groups -OCH3 is 1. The number of rotatable bonds is 8. The maximum atomic E-state index is 13.4. The molecule has 0 saturated heterocycles. The average Bonchev–Trinajstić information content (AvgIpc) is 2.95. The van der Waals surface area contributed by atoms with Crippen LogP contribution in [0.5, 0.6) is 5.75 Å². The Kier molecular flexibility index (Phi) is 7.19. The molecule has 0 spiro atoms. The molecule has 39 heavy (non-hydrogen) atoms. The Morgan fingerprint density at radius 2 is 1.67 bits per heavy atom. The van der Waals surface area contributed by atoms with Crippen molar-refractivity contribution in [1.29, 1.82) is 0 Å². The van der Waals surface area contributed by atoms with E-state index in [2.05, 4.69) is 0 Å². The first-order chi connectivity index (χ1) is 18.8. The standard InChI is InChI=1S/C30H25NO7S/c1-31(18-20-8-4-3-5-9-20)39(34,35)27-16-22(13-14-25(27)36-2)30(33)37-19-23-17-28(32)38-26-15-12-21-10-6-7-11-24(21)29(23)26/h3-17H,18-19H2,1-2H3. The van der Waals surface area contributed by atoms with E-state index >= 15 is 0 Å². The molecule has 5 rings (SSSR count). The minimum absolute atomic E-state index is 0.0274. The molecule has 4 aromatic carbocycles. The third-order valence-electron chi connectivity index (χ3n) is 6.41. The Balaban J connectivity index is 1.44. The number of hydrogen-bond donors (Lipinski definition) is 0. The molecular formula is C30H25NO7S. The fraction of sp³-hybridized carbons (Fsp3) is 0.133. The van der Waals surface area contributed by atoms with Gasteiger partial charge in [-0.3, -0.25) is 0 Å². The summed E-state index contributed by atoms with van der Waals surface area (Å²) in [6.45, 7) is -0.0738. The quantitative estimate of drug-likeness (QED) is 0.152. The van der Waals surface area contributed by atoms with E-state index in [9.17, 15) is 18.0 Å². The van der Waals surface area contributed by atoms with E-state index in [0.29, 0.717) is 16.5 Å². The van der Waals surface area contributed by atoms with Gasteiger partial charge < -0.3 is 13.9 Å². The Bertz CT molecular complexity index is 1850. The molecule has 0 bridgehead atoms. The number of esters is 1. The van der Waals surface area contributed by atoms with Crippen molar-refractivity contribution >= 4 is 37.7 Å². The minimum Gasteiger partial charge on any atom is -0.495 e. The molecule has 0 radical (unpaired) electrons. The number of nitrogens with zero attached hydrogens (tertiary/aromatic N) is 1. The molecule has 198 valence electrons. The lowest BCUT2D eigenvalue weighted by molar-refractivity contribution is 0.0473. The van der Waals surface area contributed by atoms with Gasteiger partial charge in [-0.1, -0.05) is 60.7 Å². The van der Waals surface area contributed by atoms with Gasteiger partial charge in [-0.05, 0) is 40.6 Å². The molecule has 0 unspecified atom stereocenters. The van der Waals surface area contributed by atoms with E-state index in [1.54, 1.807) is 6.07 Å². The van der Waals surface area contributed by atoms with Crippen molar-refractivity contribution in [3.05, 3.63) is 118 Å². The monoisotopic (exact) mass is 543 g/mol. The molecule has 0 N–H and O–H groups in total. The van der Waals surface area contributed by atoms with Crippen LogP contribution in [0, 0.1) is 0 Å². The van der Waals surface area contributed by atoms with Crippen LogP contribution in [-0.4, -0.2) is 32.8 Å². The van der Waals surface area contributed by atoms with Gasteiger partial charge in [0.1, 0.15) is 22.8 Å². The lowest BCUT2D eigenvalue weighted by atomic mass is 10.0. The smallest absolute Gasteiger partial charge is 0.338 e. The molecule has 0 amide bonds. The number of hydrogen-bond acceptors (Lipinski definition) is 7. The molecule has 0 fully saturated rings. The highest BCUT2D eigenvalue weighted by Gasteiger charge is 2.27. The second-order valence-electron chi connectivity index (χ2n) is 8.94. The van der Waals surface area contributed by atoms with Crippen molar-refractivity contribution < 1.29 is 27.1 Å². The van der Waals surface area contributed by atoms with Crippen LogP contribution in [0.1, 0.15) is 21.5 Å². The summed E-state index contributed by atoms with van der Waals surface area (Å²) >= 11 is 0. The van der Waals surface area contributed by atoms with E-state index in [1.165, 1.54) is 42.7 Å². The molecule has 0 aliphatic rings. The van der Waals surface area contributed by atoms with Gasteiger partial charge in [-0.25, -0.2) is 18.0 Å². The lowest BCUT2D eigenvalue weighted by Gasteiger charge is -2.19. The van der Waals surface area contributed by atoms with Crippen LogP contribution < -0.4 is 10.4 Å². The molecule has 0 aliphatic heterocycles. The lowest BCUT2D eigenvalue weighted by Crippen LogP contribution is -2.27. The van der Waals surface area contributed by atoms with Crippen LogP contribution in [-0.2, 0) is 27.9 Å². The summed E-state index contributed by atoms with van der Waals surface area (Å²) in [5, 5.41) is 2.46. The van der Waals surface area contributed by atoms with E-state index in [1.807, 2.05) is 60.7 Å². The van der Waals surface area contributed by atoms with Crippen molar-refractivity contribution in [2.45, 2.75) is 18.0 Å². The summed E-state index contributed by atoms with van der Waals surface area (Å²) in [6.07, 6.45) is 0. The molecule has 0 saturated carbocycles. The summed E-state index contributed by atoms with van der Waals surface area (Å²) in [4.78, 5) is 25.1. The predicted molar refractivity (Wildman–Crippen MR) is 147 cm³/mol. The molecule has 1 heterocycles. The summed E-state index contributed by atoms with van der Waals surface area (Å²) in [5.74, 6) is -0.647. The van der Waals surface area contributed by atoms with Gasteiger partial charge in [0.05, 0.1) is 12.7 Å². The Morgan fingerprint density at radius 1 is 0.923 bits per heavy atom. The van der Waals surface area contributed by atoms with Gasteiger partial charge in [0.25, 0.3) is 0 Å². The third-order valence-corrected chi connectivity index (χ3v) is 8.23. The van der Waals surface area contributed by atoms with Gasteiger partial charge >= 0.3 is 11.6 Å². The number of fused-ring (bicyclic) bond motifs is 3. The molecule has 8 nitrogen and oxygen atoms in total. The zero-order valence-corrected chi connectivity index (χ0v) is 22.1. The predicted octanol–water partition coefficient (Wildman–Crippen LogP) is 5.13. The largest absolute Gasteiger partial charge is 0.495 e. The third kappa shape index (κ3) is 5.27. The van der Waals surface area contributed by atoms with Crippen LogP contribution in [0.15, 0.2) is 105 Å². The fourth-order valence-electron chi connectivity index (χ4n) is 4.46. The SMILES string of the molecule is COc1ccc(C(=O)OCc2cc(=O)oc3ccc4ccccc4c23)cc1S(=O)(=O)N(C)Cc1ccccc1. The average molecular weight is 544 g/mol. The highest BCUT2D eigenvalue weighted by molar-refractivity contribution is 7.89. The van der Waals surface area contributed by atoms with Crippen LogP contribution in [0.2, 0.25) is 0 Å². The zero-order chi connectivity index (χ0) is 27.6. The van der Waals surface area contributed by atoms with Crippen molar-refractivity contribution in [2.24, 2.45) is 0 Å². The van der Waals surface area contributed by atoms with Crippen LogP contribution in [0.25, 0.3) is 21.7 Å². The topological polar surface area (TPSA) is 103 Å². The first-order valence-electron chi connectivity index (χ1n) is 12.1. The molecular weight excluding hydrogens is 518 g/mol. The van der Waals surface area contributed by atoms with Crippen molar-refractivity contribution in [2.75, 3.05) is 14.2 Å². The highest BCUT2D eigenvalue weighted by Crippen LogP contribution is 2.30. The first-order valence-corrected chi connectivity index (χ1v) is 13.5. The molecule has 5 aromatic rings. The Labute approximate surface area is 225 Å². The molecule has 1 aromatic heterocycles. The number of sulfonamides is 1. The Morgan fingerprint density at radius 3 is 2.44 bits per heavy atom. The van der Waals surface area contributed by atoms with E-state index in [4.69, 9.17) is 13.9 Å². The van der Waals surface area contributed by atoms with Gasteiger partial charge in [-0.2, -0.15) is 4.31 Å². The fourth-order valence-corrected chi connectivity index (χ4v) is 5.80. The van der Waals surface area contributed by atoms with E-state index in [-0.39, 0.29) is 29.4 Å². The molecule has 9 heteroatoms. The van der Waals surface area contributed by atoms with E-state index in [0.717, 1.165) is 16.3 Å². The first kappa shape index (κ1) is 26.1. The van der Waals surface area contributed by atoms with Crippen LogP contribution in [0.4, 0.5) is 0 Å². The molecule has 0 aliphatic carbocycles. The van der Waals surface area contributed by atoms with Crippen molar-refractivity contribution in [1.82, 2.24) is 4.31 Å². The second kappa shape index (κ2) is 10.7. The Hall–Kier alpha value is -4.47. The summed E-state index contributed by atoms with van der Waals surface area (Å²) in [5.41, 5.74) is 1.13. The number of carbonyl (C=O) groups excluding carboxylic acids is 1. The van der Waals surface area contributed by atoms with Crippen LogP contribution in [0.3, 0.4) is 0 Å². The van der Waals surface area contributed by atoms with Gasteiger partial charge in [0.15, 0.2) is 0 Å². The summed E-state index contributed by atoms with van der Waals surface area (Å²) in [6, 6.07) is 25.7. The van der Waals surface area contributed by atoms with Crippen molar-refractivity contribution in [3.63, 3.8) is 0 Å². The summed E-state index contributed by atoms with van der Waals surface area (Å²) < 4.78 is 44.3. The number of carbonyl (C=O) groups is 1. The van der Waals surface area contributed by atoms with Gasteiger partial charge in [0.2, 0.25) is 10.0 Å². The second-order valence-corrected chi connectivity index (χ2v) is 11.0. The van der Waals surface area contributed by atoms with Gasteiger partial charge in [-0.15, -0.1) is 0 Å². The highest BCUT2D eigenvalue weighted by atomic mass is 32.2. The zero-order valence-electron chi connectivity index (χ0n) is 21.3. The minimum atomic E-state index is -4.01.